The second kappa shape index (κ2) is 5.54. The zero-order chi connectivity index (χ0) is 14.9. The van der Waals surface area contributed by atoms with Crippen LogP contribution in [-0.4, -0.2) is 34.5 Å². The van der Waals surface area contributed by atoms with Gasteiger partial charge in [0.2, 0.25) is 0 Å². The number of nitrogens with zero attached hydrogens (tertiary/aromatic N) is 2. The summed E-state index contributed by atoms with van der Waals surface area (Å²) in [5.41, 5.74) is -0.457. The van der Waals surface area contributed by atoms with Gasteiger partial charge in [-0.05, 0) is 25.0 Å². The van der Waals surface area contributed by atoms with Crippen LogP contribution in [0.3, 0.4) is 0 Å². The fourth-order valence-corrected chi connectivity index (χ4v) is 2.80. The molecular weight excluding hydrogens is 275 g/mol. The Bertz CT molecular complexity index is 708. The molecule has 1 N–H and O–H groups in total. The third kappa shape index (κ3) is 2.56. The Balaban J connectivity index is 2.03. The van der Waals surface area contributed by atoms with Crippen molar-refractivity contribution in [2.75, 3.05) is 19.8 Å². The highest BCUT2D eigenvalue weighted by molar-refractivity contribution is 5.77. The SMILES string of the molecule is O=c1c2c(F)cccc2ncn1CC1(CO)CCOCC1. The molecule has 0 saturated carbocycles. The highest BCUT2D eigenvalue weighted by atomic mass is 19.1. The molecule has 1 fully saturated rings. The van der Waals surface area contributed by atoms with E-state index in [0.717, 1.165) is 0 Å². The average molecular weight is 292 g/mol. The third-order valence-corrected chi connectivity index (χ3v) is 4.20. The fraction of sp³-hybridized carbons (Fsp3) is 0.467. The standard InChI is InChI=1S/C15H17FN2O3/c16-11-2-1-3-12-13(11)14(20)18(10-17-12)8-15(9-19)4-6-21-7-5-15/h1-3,10,19H,4-9H2. The van der Waals surface area contributed by atoms with Crippen LogP contribution in [0.15, 0.2) is 29.3 Å². The van der Waals surface area contributed by atoms with Crippen LogP contribution in [-0.2, 0) is 11.3 Å². The van der Waals surface area contributed by atoms with Crippen LogP contribution in [0.1, 0.15) is 12.8 Å². The van der Waals surface area contributed by atoms with Crippen molar-refractivity contribution < 1.29 is 14.2 Å². The lowest BCUT2D eigenvalue weighted by molar-refractivity contribution is -0.0258. The smallest absolute Gasteiger partial charge is 0.264 e. The van der Waals surface area contributed by atoms with E-state index < -0.39 is 16.8 Å². The maximum absolute atomic E-state index is 13.9. The first-order valence-electron chi connectivity index (χ1n) is 6.97. The molecule has 1 saturated heterocycles. The molecule has 5 nitrogen and oxygen atoms in total. The lowest BCUT2D eigenvalue weighted by Crippen LogP contribution is -2.40. The van der Waals surface area contributed by atoms with Crippen LogP contribution < -0.4 is 5.56 Å². The van der Waals surface area contributed by atoms with Crippen molar-refractivity contribution in [3.8, 4) is 0 Å². The van der Waals surface area contributed by atoms with Crippen molar-refractivity contribution in [3.05, 3.63) is 40.7 Å². The number of fused-ring (bicyclic) bond motifs is 1. The van der Waals surface area contributed by atoms with Crippen LogP contribution in [0.25, 0.3) is 10.9 Å². The van der Waals surface area contributed by atoms with E-state index in [0.29, 0.717) is 38.1 Å². The van der Waals surface area contributed by atoms with Crippen molar-refractivity contribution in [3.63, 3.8) is 0 Å². The van der Waals surface area contributed by atoms with Crippen molar-refractivity contribution in [2.24, 2.45) is 5.41 Å². The van der Waals surface area contributed by atoms with Gasteiger partial charge in [0, 0.05) is 25.2 Å². The number of aromatic nitrogens is 2. The largest absolute Gasteiger partial charge is 0.396 e. The predicted octanol–water partition coefficient (Wildman–Crippen LogP) is 1.32. The average Bonchev–Trinajstić information content (AvgIpc) is 2.51. The Labute approximate surface area is 121 Å². The van der Waals surface area contributed by atoms with Gasteiger partial charge in [-0.3, -0.25) is 9.36 Å². The van der Waals surface area contributed by atoms with E-state index in [1.807, 2.05) is 0 Å². The number of halogens is 1. The van der Waals surface area contributed by atoms with Gasteiger partial charge in [-0.2, -0.15) is 0 Å². The molecule has 0 aliphatic carbocycles. The van der Waals surface area contributed by atoms with Crippen molar-refractivity contribution in [2.45, 2.75) is 19.4 Å². The third-order valence-electron chi connectivity index (χ3n) is 4.20. The maximum atomic E-state index is 13.9. The van der Waals surface area contributed by atoms with Crippen molar-refractivity contribution in [1.29, 1.82) is 0 Å². The van der Waals surface area contributed by atoms with Gasteiger partial charge >= 0.3 is 0 Å². The van der Waals surface area contributed by atoms with E-state index in [1.54, 1.807) is 6.07 Å². The molecule has 2 aromatic rings. The zero-order valence-electron chi connectivity index (χ0n) is 11.6. The quantitative estimate of drug-likeness (QED) is 0.927. The second-order valence-corrected chi connectivity index (χ2v) is 5.58. The van der Waals surface area contributed by atoms with E-state index in [9.17, 15) is 14.3 Å². The number of ether oxygens (including phenoxy) is 1. The Morgan fingerprint density at radius 2 is 2.14 bits per heavy atom. The summed E-state index contributed by atoms with van der Waals surface area (Å²) in [5, 5.41) is 9.70. The van der Waals surface area contributed by atoms with Crippen LogP contribution in [0.2, 0.25) is 0 Å². The van der Waals surface area contributed by atoms with Crippen molar-refractivity contribution in [1.82, 2.24) is 9.55 Å². The zero-order valence-corrected chi connectivity index (χ0v) is 11.6. The Morgan fingerprint density at radius 3 is 2.86 bits per heavy atom. The number of benzene rings is 1. The first kappa shape index (κ1) is 14.2. The molecule has 0 amide bonds. The molecule has 1 aromatic carbocycles. The summed E-state index contributed by atoms with van der Waals surface area (Å²) >= 11 is 0. The van der Waals surface area contributed by atoms with Gasteiger partial charge in [-0.25, -0.2) is 9.37 Å². The van der Waals surface area contributed by atoms with Gasteiger partial charge in [0.25, 0.3) is 5.56 Å². The summed E-state index contributed by atoms with van der Waals surface area (Å²) in [7, 11) is 0. The molecule has 3 rings (SSSR count). The molecule has 0 bridgehead atoms. The minimum Gasteiger partial charge on any atom is -0.396 e. The lowest BCUT2D eigenvalue weighted by atomic mass is 9.81. The molecule has 21 heavy (non-hydrogen) atoms. The highest BCUT2D eigenvalue weighted by Crippen LogP contribution is 2.31. The molecule has 0 atom stereocenters. The first-order valence-corrected chi connectivity index (χ1v) is 6.97. The minimum atomic E-state index is -0.565. The van der Waals surface area contributed by atoms with Gasteiger partial charge in [-0.1, -0.05) is 6.07 Å². The van der Waals surface area contributed by atoms with Gasteiger partial charge < -0.3 is 9.84 Å². The van der Waals surface area contributed by atoms with E-state index in [1.165, 1.54) is 23.0 Å². The molecule has 0 radical (unpaired) electrons. The van der Waals surface area contributed by atoms with Crippen LogP contribution in [0.4, 0.5) is 4.39 Å². The molecule has 6 heteroatoms. The predicted molar refractivity (Wildman–Crippen MR) is 75.5 cm³/mol. The number of aliphatic hydroxyl groups is 1. The number of hydrogen-bond acceptors (Lipinski definition) is 4. The molecule has 2 heterocycles. The summed E-state index contributed by atoms with van der Waals surface area (Å²) in [6.07, 6.45) is 2.77. The van der Waals surface area contributed by atoms with Gasteiger partial charge in [0.1, 0.15) is 11.2 Å². The number of hydrogen-bond donors (Lipinski definition) is 1. The summed E-state index contributed by atoms with van der Waals surface area (Å²) in [4.78, 5) is 16.6. The maximum Gasteiger partial charge on any atom is 0.264 e. The van der Waals surface area contributed by atoms with Crippen molar-refractivity contribution >= 4 is 10.9 Å². The Morgan fingerprint density at radius 1 is 1.38 bits per heavy atom. The van der Waals surface area contributed by atoms with Gasteiger partial charge in [0.15, 0.2) is 0 Å². The van der Waals surface area contributed by atoms with Crippen LogP contribution in [0, 0.1) is 11.2 Å². The fourth-order valence-electron chi connectivity index (χ4n) is 2.80. The minimum absolute atomic E-state index is 0.000138. The summed E-state index contributed by atoms with van der Waals surface area (Å²) in [6.45, 7) is 1.41. The van der Waals surface area contributed by atoms with Gasteiger partial charge in [-0.15, -0.1) is 0 Å². The number of rotatable bonds is 3. The van der Waals surface area contributed by atoms with E-state index in [4.69, 9.17) is 4.74 Å². The first-order chi connectivity index (χ1) is 10.2. The molecular formula is C15H17FN2O3. The molecule has 1 aliphatic heterocycles. The number of aliphatic hydroxyl groups excluding tert-OH is 1. The Kier molecular flexibility index (Phi) is 3.73. The van der Waals surface area contributed by atoms with E-state index in [-0.39, 0.29) is 12.0 Å². The lowest BCUT2D eigenvalue weighted by Gasteiger charge is -2.35. The second-order valence-electron chi connectivity index (χ2n) is 5.58. The highest BCUT2D eigenvalue weighted by Gasteiger charge is 2.33. The van der Waals surface area contributed by atoms with E-state index in [2.05, 4.69) is 4.98 Å². The normalized spacial score (nSPS) is 18.0. The monoisotopic (exact) mass is 292 g/mol. The summed E-state index contributed by atoms with van der Waals surface area (Å²) in [5.74, 6) is -0.565. The molecule has 0 unspecified atom stereocenters. The molecule has 1 aliphatic rings. The van der Waals surface area contributed by atoms with E-state index >= 15 is 0 Å². The molecule has 0 spiro atoms. The van der Waals surface area contributed by atoms with Crippen LogP contribution >= 0.6 is 0 Å². The molecule has 112 valence electrons. The summed E-state index contributed by atoms with van der Waals surface area (Å²) in [6, 6.07) is 4.40. The van der Waals surface area contributed by atoms with Gasteiger partial charge in [0.05, 0.1) is 18.5 Å². The van der Waals surface area contributed by atoms with Crippen LogP contribution in [0.5, 0.6) is 0 Å². The molecule has 1 aromatic heterocycles. The Hall–Kier alpha value is -1.79. The topological polar surface area (TPSA) is 64.4 Å². The summed E-state index contributed by atoms with van der Waals surface area (Å²) < 4.78 is 20.6.